The van der Waals surface area contributed by atoms with Crippen molar-refractivity contribution in [3.05, 3.63) is 68.6 Å². The molecule has 2 saturated heterocycles. The molecule has 25 heavy (non-hydrogen) atoms. The number of piperidine rings is 1. The van der Waals surface area contributed by atoms with E-state index in [1.807, 2.05) is 0 Å². The lowest BCUT2D eigenvalue weighted by molar-refractivity contribution is -0.0426. The van der Waals surface area contributed by atoms with Crippen molar-refractivity contribution < 1.29 is 4.74 Å². The molecule has 3 atom stereocenters. The third-order valence-corrected chi connectivity index (χ3v) is 6.79. The zero-order chi connectivity index (χ0) is 17.4. The molecular weight excluding hydrogens is 442 g/mol. The van der Waals surface area contributed by atoms with Gasteiger partial charge >= 0.3 is 0 Å². The number of hydrogen-bond acceptors (Lipinski definition) is 2. The number of nitrogens with zero attached hydrogens (tertiary/aromatic N) is 1. The predicted octanol–water partition coefficient (Wildman–Crippen LogP) is 5.94. The number of hydrogen-bond donors (Lipinski definition) is 0. The van der Waals surface area contributed by atoms with E-state index in [-0.39, 0.29) is 6.10 Å². The minimum Gasteiger partial charge on any atom is -0.365 e. The van der Waals surface area contributed by atoms with Crippen LogP contribution in [-0.2, 0) is 4.74 Å². The number of halogens is 2. The summed E-state index contributed by atoms with van der Waals surface area (Å²) in [6.45, 7) is 0. The lowest BCUT2D eigenvalue weighted by atomic mass is 9.97. The molecule has 132 valence electrons. The van der Waals surface area contributed by atoms with Gasteiger partial charge in [-0.15, -0.1) is 0 Å². The van der Waals surface area contributed by atoms with Gasteiger partial charge in [-0.1, -0.05) is 56.1 Å². The highest BCUT2D eigenvalue weighted by molar-refractivity contribution is 9.10. The van der Waals surface area contributed by atoms with Gasteiger partial charge in [0, 0.05) is 21.0 Å². The van der Waals surface area contributed by atoms with Gasteiger partial charge in [0.05, 0.1) is 6.10 Å². The number of benzene rings is 2. The summed E-state index contributed by atoms with van der Waals surface area (Å²) in [7, 11) is 2.28. The van der Waals surface area contributed by atoms with E-state index >= 15 is 0 Å². The summed E-state index contributed by atoms with van der Waals surface area (Å²) in [5, 5.41) is 0. The van der Waals surface area contributed by atoms with Crippen molar-refractivity contribution in [2.45, 2.75) is 50.0 Å². The molecule has 2 heterocycles. The fourth-order valence-electron chi connectivity index (χ4n) is 4.29. The number of rotatable bonds is 4. The van der Waals surface area contributed by atoms with Crippen molar-refractivity contribution in [3.8, 4) is 0 Å². The van der Waals surface area contributed by atoms with Crippen LogP contribution in [0.2, 0.25) is 0 Å². The Hall–Kier alpha value is -0.680. The number of ether oxygens (including phenoxy) is 1. The van der Waals surface area contributed by atoms with E-state index in [0.29, 0.717) is 18.2 Å². The van der Waals surface area contributed by atoms with Crippen LogP contribution in [0.15, 0.2) is 57.5 Å². The Balaban J connectivity index is 1.59. The zero-order valence-electron chi connectivity index (χ0n) is 14.4. The monoisotopic (exact) mass is 463 g/mol. The molecule has 0 amide bonds. The molecule has 2 nitrogen and oxygen atoms in total. The maximum Gasteiger partial charge on any atom is 0.108 e. The highest BCUT2D eigenvalue weighted by Gasteiger charge is 2.39. The van der Waals surface area contributed by atoms with Gasteiger partial charge in [-0.25, -0.2) is 0 Å². The van der Waals surface area contributed by atoms with Gasteiger partial charge < -0.3 is 9.64 Å². The van der Waals surface area contributed by atoms with E-state index in [0.717, 1.165) is 21.8 Å². The Bertz CT molecular complexity index is 656. The maximum atomic E-state index is 6.72. The first-order valence-corrected chi connectivity index (χ1v) is 10.6. The second-order valence-electron chi connectivity index (χ2n) is 7.26. The van der Waals surface area contributed by atoms with Crippen LogP contribution < -0.4 is 0 Å². The molecule has 0 N–H and O–H groups in total. The van der Waals surface area contributed by atoms with E-state index in [2.05, 4.69) is 92.3 Å². The van der Waals surface area contributed by atoms with Crippen LogP contribution in [0.1, 0.15) is 42.9 Å². The second kappa shape index (κ2) is 7.51. The molecule has 2 fully saturated rings. The quantitative estimate of drug-likeness (QED) is 0.554. The van der Waals surface area contributed by atoms with Crippen molar-refractivity contribution in [2.75, 3.05) is 7.05 Å². The minimum atomic E-state index is -0.00555. The Morgan fingerprint density at radius 2 is 1.28 bits per heavy atom. The van der Waals surface area contributed by atoms with E-state index in [4.69, 9.17) is 4.74 Å². The molecule has 0 spiro atoms. The lowest BCUT2D eigenvalue weighted by Crippen LogP contribution is -2.43. The van der Waals surface area contributed by atoms with Crippen molar-refractivity contribution >= 4 is 31.9 Å². The van der Waals surface area contributed by atoms with Crippen LogP contribution in [0.4, 0.5) is 0 Å². The summed E-state index contributed by atoms with van der Waals surface area (Å²) in [6.07, 6.45) is 5.28. The van der Waals surface area contributed by atoms with Gasteiger partial charge in [0.1, 0.15) is 6.10 Å². The third kappa shape index (κ3) is 3.87. The average molecular weight is 465 g/mol. The Morgan fingerprint density at radius 3 is 1.72 bits per heavy atom. The molecule has 4 rings (SSSR count). The van der Waals surface area contributed by atoms with Crippen molar-refractivity contribution in [3.63, 3.8) is 0 Å². The van der Waals surface area contributed by atoms with Crippen LogP contribution in [0.3, 0.4) is 0 Å². The molecular formula is C21H23Br2NO. The van der Waals surface area contributed by atoms with Gasteiger partial charge in [-0.2, -0.15) is 0 Å². The van der Waals surface area contributed by atoms with Gasteiger partial charge in [0.25, 0.3) is 0 Å². The molecule has 0 aliphatic carbocycles. The first kappa shape index (κ1) is 17.7. The molecule has 0 radical (unpaired) electrons. The van der Waals surface area contributed by atoms with Crippen LogP contribution in [-0.4, -0.2) is 30.1 Å². The standard InChI is InChI=1S/C21H23Br2NO/c1-24-18-10-11-19(24)13-20(12-18)25-21(14-2-6-16(22)7-3-14)15-4-8-17(23)9-5-15/h2-9,18-21H,10-13H2,1H3/t18-,19+,20?. The summed E-state index contributed by atoms with van der Waals surface area (Å²) in [5.41, 5.74) is 2.44. The maximum absolute atomic E-state index is 6.72. The van der Waals surface area contributed by atoms with Crippen molar-refractivity contribution in [1.29, 1.82) is 0 Å². The normalized spacial score (nSPS) is 26.3. The molecule has 2 aromatic carbocycles. The Morgan fingerprint density at radius 1 is 0.840 bits per heavy atom. The van der Waals surface area contributed by atoms with E-state index in [1.54, 1.807) is 0 Å². The summed E-state index contributed by atoms with van der Waals surface area (Å²) in [6, 6.07) is 18.5. The fraction of sp³-hybridized carbons (Fsp3) is 0.429. The van der Waals surface area contributed by atoms with Crippen molar-refractivity contribution in [2.24, 2.45) is 0 Å². The largest absolute Gasteiger partial charge is 0.365 e. The molecule has 0 saturated carbocycles. The Labute approximate surface area is 166 Å². The first-order valence-electron chi connectivity index (χ1n) is 8.98. The molecule has 1 unspecified atom stereocenters. The second-order valence-corrected chi connectivity index (χ2v) is 9.09. The fourth-order valence-corrected chi connectivity index (χ4v) is 4.82. The van der Waals surface area contributed by atoms with Gasteiger partial charge in [0.2, 0.25) is 0 Å². The van der Waals surface area contributed by atoms with Crippen LogP contribution in [0, 0.1) is 0 Å². The van der Waals surface area contributed by atoms with Crippen LogP contribution in [0.5, 0.6) is 0 Å². The summed E-state index contributed by atoms with van der Waals surface area (Å²) < 4.78 is 8.92. The van der Waals surface area contributed by atoms with E-state index in [9.17, 15) is 0 Å². The molecule has 2 aliphatic rings. The van der Waals surface area contributed by atoms with Gasteiger partial charge in [-0.3, -0.25) is 0 Å². The number of fused-ring (bicyclic) bond motifs is 2. The SMILES string of the molecule is CN1[C@@H]2CC[C@H]1CC(OC(c1ccc(Br)cc1)c1ccc(Br)cc1)C2. The average Bonchev–Trinajstić information content (AvgIpc) is 2.83. The van der Waals surface area contributed by atoms with Crippen LogP contribution in [0.25, 0.3) is 0 Å². The van der Waals surface area contributed by atoms with Crippen molar-refractivity contribution in [1.82, 2.24) is 4.90 Å². The molecule has 0 aromatic heterocycles. The third-order valence-electron chi connectivity index (χ3n) is 5.73. The first-order chi connectivity index (χ1) is 12.1. The highest BCUT2D eigenvalue weighted by Crippen LogP contribution is 2.39. The Kier molecular flexibility index (Phi) is 5.33. The van der Waals surface area contributed by atoms with Gasteiger partial charge in [-0.05, 0) is 68.1 Å². The molecule has 2 aliphatic heterocycles. The van der Waals surface area contributed by atoms with Gasteiger partial charge in [0.15, 0.2) is 0 Å². The predicted molar refractivity (Wildman–Crippen MR) is 109 cm³/mol. The molecule has 2 aromatic rings. The van der Waals surface area contributed by atoms with E-state index in [1.165, 1.54) is 24.0 Å². The van der Waals surface area contributed by atoms with Crippen LogP contribution >= 0.6 is 31.9 Å². The minimum absolute atomic E-state index is 0.00555. The summed E-state index contributed by atoms with van der Waals surface area (Å²) in [4.78, 5) is 2.56. The van der Waals surface area contributed by atoms with E-state index < -0.39 is 0 Å². The molecule has 4 heteroatoms. The summed E-state index contributed by atoms with van der Waals surface area (Å²) in [5.74, 6) is 0. The topological polar surface area (TPSA) is 12.5 Å². The molecule has 2 bridgehead atoms. The smallest absolute Gasteiger partial charge is 0.108 e. The summed E-state index contributed by atoms with van der Waals surface area (Å²) >= 11 is 7.07. The highest BCUT2D eigenvalue weighted by atomic mass is 79.9. The lowest BCUT2D eigenvalue weighted by Gasteiger charge is -2.38. The zero-order valence-corrected chi connectivity index (χ0v) is 17.5.